The third-order valence-corrected chi connectivity index (χ3v) is 4.71. The van der Waals surface area contributed by atoms with Gasteiger partial charge in [-0.2, -0.15) is 0 Å². The van der Waals surface area contributed by atoms with E-state index in [1.807, 2.05) is 31.2 Å². The maximum absolute atomic E-state index is 13.1. The summed E-state index contributed by atoms with van der Waals surface area (Å²) in [6.45, 7) is 3.69. The first kappa shape index (κ1) is 20.1. The van der Waals surface area contributed by atoms with Gasteiger partial charge >= 0.3 is 11.9 Å². The first-order valence-electron chi connectivity index (χ1n) is 8.98. The Labute approximate surface area is 169 Å². The van der Waals surface area contributed by atoms with Crippen LogP contribution in [-0.2, 0) is 19.1 Å². The van der Waals surface area contributed by atoms with E-state index in [4.69, 9.17) is 9.47 Å². The van der Waals surface area contributed by atoms with Gasteiger partial charge in [0.15, 0.2) is 0 Å². The molecule has 0 fully saturated rings. The number of aryl methyl sites for hydroxylation is 1. The zero-order chi connectivity index (χ0) is 21.1. The van der Waals surface area contributed by atoms with Crippen molar-refractivity contribution >= 4 is 29.5 Å². The molecule has 29 heavy (non-hydrogen) atoms. The highest BCUT2D eigenvalue weighted by atomic mass is 16.5. The average Bonchev–Trinajstić information content (AvgIpc) is 2.97. The Kier molecular flexibility index (Phi) is 5.64. The lowest BCUT2D eigenvalue weighted by Gasteiger charge is -2.21. The minimum Gasteiger partial charge on any atom is -0.465 e. The molecule has 148 valence electrons. The Morgan fingerprint density at radius 2 is 1.45 bits per heavy atom. The lowest BCUT2D eigenvalue weighted by Crippen LogP contribution is -2.18. The molecule has 3 rings (SSSR count). The maximum Gasteiger partial charge on any atom is 0.343 e. The number of allylic oxidation sites excluding steroid dienone is 2. The molecule has 1 heterocycles. The van der Waals surface area contributed by atoms with Crippen LogP contribution < -0.4 is 4.90 Å². The second-order valence-electron chi connectivity index (χ2n) is 6.60. The minimum absolute atomic E-state index is 0.00510. The number of hydrogen-bond donors (Lipinski definition) is 0. The largest absolute Gasteiger partial charge is 0.465 e. The van der Waals surface area contributed by atoms with Crippen LogP contribution in [0.5, 0.6) is 0 Å². The molecule has 0 N–H and O–H groups in total. The van der Waals surface area contributed by atoms with E-state index in [0.717, 1.165) is 11.3 Å². The number of Topliss-reactive ketones (excluding diaryl/α,β-unsaturated/α-hetero) is 1. The first-order chi connectivity index (χ1) is 13.9. The fraction of sp³-hybridized carbons (Fsp3) is 0.174. The minimum atomic E-state index is -0.672. The molecule has 0 saturated carbocycles. The predicted molar refractivity (Wildman–Crippen MR) is 109 cm³/mol. The van der Waals surface area contributed by atoms with E-state index in [0.29, 0.717) is 22.5 Å². The molecule has 6 heteroatoms. The number of ketones is 1. The molecular formula is C23H21NO5. The van der Waals surface area contributed by atoms with Crippen LogP contribution in [0.2, 0.25) is 0 Å². The van der Waals surface area contributed by atoms with Crippen molar-refractivity contribution in [3.05, 3.63) is 82.2 Å². The summed E-state index contributed by atoms with van der Waals surface area (Å²) in [6, 6.07) is 14.3. The van der Waals surface area contributed by atoms with Crippen LogP contribution in [0.4, 0.5) is 5.69 Å². The Morgan fingerprint density at radius 3 is 2.00 bits per heavy atom. The topological polar surface area (TPSA) is 72.9 Å². The van der Waals surface area contributed by atoms with Crippen LogP contribution in [0.25, 0.3) is 6.08 Å². The van der Waals surface area contributed by atoms with Crippen LogP contribution in [0.1, 0.15) is 28.4 Å². The van der Waals surface area contributed by atoms with Gasteiger partial charge in [-0.1, -0.05) is 29.8 Å². The van der Waals surface area contributed by atoms with E-state index < -0.39 is 17.7 Å². The molecule has 2 aromatic rings. The first-order valence-corrected chi connectivity index (χ1v) is 8.98. The van der Waals surface area contributed by atoms with E-state index in [1.165, 1.54) is 14.2 Å². The van der Waals surface area contributed by atoms with Crippen molar-refractivity contribution in [3.63, 3.8) is 0 Å². The van der Waals surface area contributed by atoms with Gasteiger partial charge in [0.05, 0.1) is 25.5 Å². The lowest BCUT2D eigenvalue weighted by molar-refractivity contribution is -0.137. The quantitative estimate of drug-likeness (QED) is 0.450. The monoisotopic (exact) mass is 391 g/mol. The van der Waals surface area contributed by atoms with E-state index in [1.54, 1.807) is 42.2 Å². The summed E-state index contributed by atoms with van der Waals surface area (Å²) in [5, 5.41) is 0. The number of nitrogens with zero attached hydrogens (tertiary/aromatic N) is 1. The molecule has 1 aliphatic rings. The van der Waals surface area contributed by atoms with Crippen molar-refractivity contribution in [2.24, 2.45) is 0 Å². The van der Waals surface area contributed by atoms with Crippen molar-refractivity contribution in [2.45, 2.75) is 13.8 Å². The molecule has 0 unspecified atom stereocenters. The number of hydrogen-bond acceptors (Lipinski definition) is 6. The number of carbonyl (C=O) groups excluding carboxylic acids is 3. The Morgan fingerprint density at radius 1 is 0.862 bits per heavy atom. The molecule has 0 bridgehead atoms. The number of esters is 2. The summed E-state index contributed by atoms with van der Waals surface area (Å²) in [5.74, 6) is -1.52. The van der Waals surface area contributed by atoms with Gasteiger partial charge in [0, 0.05) is 11.4 Å². The highest BCUT2D eigenvalue weighted by Crippen LogP contribution is 2.35. The number of methoxy groups -OCH3 is 2. The van der Waals surface area contributed by atoms with E-state index >= 15 is 0 Å². The highest BCUT2D eigenvalue weighted by molar-refractivity contribution is 6.30. The summed E-state index contributed by atoms with van der Waals surface area (Å²) in [4.78, 5) is 38.6. The Bertz CT molecular complexity index is 1030. The fourth-order valence-corrected chi connectivity index (χ4v) is 3.18. The molecular weight excluding hydrogens is 370 g/mol. The fourth-order valence-electron chi connectivity index (χ4n) is 3.18. The number of benzene rings is 2. The van der Waals surface area contributed by atoms with Gasteiger partial charge in [-0.25, -0.2) is 9.59 Å². The van der Waals surface area contributed by atoms with Crippen LogP contribution in [-0.4, -0.2) is 31.9 Å². The van der Waals surface area contributed by atoms with Crippen molar-refractivity contribution in [1.82, 2.24) is 0 Å². The molecule has 0 radical (unpaired) electrons. The molecule has 0 amide bonds. The Hall–Kier alpha value is -3.67. The SMILES string of the molecule is COC(=O)C1=C(C)N(c2ccc(C)cc2)/C(=C/c2ccc(C(=O)OC)cc2)C1=O. The number of carbonyl (C=O) groups is 3. The predicted octanol–water partition coefficient (Wildman–Crippen LogP) is 3.66. The summed E-state index contributed by atoms with van der Waals surface area (Å²) in [7, 11) is 2.57. The van der Waals surface area contributed by atoms with Gasteiger partial charge in [0.1, 0.15) is 5.57 Å². The van der Waals surface area contributed by atoms with Crippen molar-refractivity contribution in [1.29, 1.82) is 0 Å². The van der Waals surface area contributed by atoms with Gasteiger partial charge in [-0.3, -0.25) is 4.79 Å². The van der Waals surface area contributed by atoms with E-state index in [-0.39, 0.29) is 5.57 Å². The summed E-state index contributed by atoms with van der Waals surface area (Å²) in [5.41, 5.74) is 3.80. The second kappa shape index (κ2) is 8.14. The molecule has 0 aliphatic carbocycles. The summed E-state index contributed by atoms with van der Waals surface area (Å²) >= 11 is 0. The normalized spacial score (nSPS) is 15.1. The lowest BCUT2D eigenvalue weighted by atomic mass is 10.1. The Balaban J connectivity index is 2.08. The van der Waals surface area contributed by atoms with Gasteiger partial charge in [-0.05, 0) is 49.8 Å². The molecule has 0 atom stereocenters. The molecule has 0 aromatic heterocycles. The van der Waals surface area contributed by atoms with Crippen LogP contribution in [0, 0.1) is 6.92 Å². The van der Waals surface area contributed by atoms with Gasteiger partial charge in [0.25, 0.3) is 0 Å². The molecule has 0 spiro atoms. The van der Waals surface area contributed by atoms with E-state index in [2.05, 4.69) is 0 Å². The zero-order valence-corrected chi connectivity index (χ0v) is 16.7. The third-order valence-electron chi connectivity index (χ3n) is 4.71. The molecule has 2 aromatic carbocycles. The van der Waals surface area contributed by atoms with Crippen molar-refractivity contribution < 1.29 is 23.9 Å². The summed E-state index contributed by atoms with van der Waals surface area (Å²) < 4.78 is 9.51. The molecule has 1 aliphatic heterocycles. The van der Waals surface area contributed by atoms with Gasteiger partial charge in [-0.15, -0.1) is 0 Å². The molecule has 6 nitrogen and oxygen atoms in total. The molecule has 0 saturated heterocycles. The average molecular weight is 391 g/mol. The standard InChI is InChI=1S/C23H21NO5/c1-14-5-11-18(12-6-14)24-15(2)20(23(27)29-4)21(25)19(24)13-16-7-9-17(10-8-16)22(26)28-3/h5-13H,1-4H3/b19-13+. The number of rotatable bonds is 4. The zero-order valence-electron chi connectivity index (χ0n) is 16.7. The van der Waals surface area contributed by atoms with Gasteiger partial charge in [0.2, 0.25) is 5.78 Å². The van der Waals surface area contributed by atoms with Crippen molar-refractivity contribution in [2.75, 3.05) is 19.1 Å². The second-order valence-corrected chi connectivity index (χ2v) is 6.60. The van der Waals surface area contributed by atoms with Crippen molar-refractivity contribution in [3.8, 4) is 0 Å². The van der Waals surface area contributed by atoms with Gasteiger partial charge < -0.3 is 14.4 Å². The maximum atomic E-state index is 13.1. The van der Waals surface area contributed by atoms with Crippen LogP contribution in [0.3, 0.4) is 0 Å². The third kappa shape index (κ3) is 3.82. The smallest absolute Gasteiger partial charge is 0.343 e. The van der Waals surface area contributed by atoms with Crippen LogP contribution >= 0.6 is 0 Å². The van der Waals surface area contributed by atoms with E-state index in [9.17, 15) is 14.4 Å². The number of ether oxygens (including phenoxy) is 2. The summed E-state index contributed by atoms with van der Waals surface area (Å²) in [6.07, 6.45) is 1.68. The van der Waals surface area contributed by atoms with Crippen LogP contribution in [0.15, 0.2) is 65.5 Å². The highest BCUT2D eigenvalue weighted by Gasteiger charge is 2.38. The number of anilines is 1.